The van der Waals surface area contributed by atoms with Gasteiger partial charge >= 0.3 is 0 Å². The van der Waals surface area contributed by atoms with Gasteiger partial charge in [0.25, 0.3) is 5.91 Å². The molecule has 3 rings (SSSR count). The maximum absolute atomic E-state index is 12.8. The number of ketones is 1. The number of hydrogen-bond acceptors (Lipinski definition) is 5. The largest absolute Gasteiger partial charge is 0.496 e. The molecule has 1 aliphatic carbocycles. The summed E-state index contributed by atoms with van der Waals surface area (Å²) in [6.07, 6.45) is 7.31. The summed E-state index contributed by atoms with van der Waals surface area (Å²) in [4.78, 5) is 52.3. The van der Waals surface area contributed by atoms with E-state index in [9.17, 15) is 19.2 Å². The molecule has 1 aromatic carbocycles. The van der Waals surface area contributed by atoms with Crippen LogP contribution in [0.4, 0.5) is 0 Å². The van der Waals surface area contributed by atoms with Gasteiger partial charge in [-0.25, -0.2) is 0 Å². The van der Waals surface area contributed by atoms with Crippen molar-refractivity contribution in [3.05, 3.63) is 30.0 Å². The zero-order chi connectivity index (χ0) is 23.3. The highest BCUT2D eigenvalue weighted by Gasteiger charge is 2.32. The first-order chi connectivity index (χ1) is 15.3. The normalized spacial score (nSPS) is 17.4. The lowest BCUT2D eigenvalue weighted by atomic mass is 9.96. The minimum atomic E-state index is -1.08. The van der Waals surface area contributed by atoms with Crippen molar-refractivity contribution in [1.29, 1.82) is 0 Å². The van der Waals surface area contributed by atoms with Crippen LogP contribution in [0, 0.1) is 18.3 Å². The Hall–Kier alpha value is -3.80. The second-order valence-electron chi connectivity index (χ2n) is 7.79. The molecule has 9 nitrogen and oxygen atoms in total. The van der Waals surface area contributed by atoms with Crippen LogP contribution in [0.25, 0.3) is 10.9 Å². The molecule has 1 saturated carbocycles. The molecule has 2 aromatic rings. The number of ether oxygens (including phenoxy) is 1. The van der Waals surface area contributed by atoms with E-state index in [4.69, 9.17) is 16.9 Å². The topological polar surface area (TPSA) is 143 Å². The number of benzene rings is 1. The number of primary amides is 1. The molecule has 5 N–H and O–H groups in total. The van der Waals surface area contributed by atoms with Crippen molar-refractivity contribution in [3.8, 4) is 18.1 Å². The molecular weight excluding hydrogens is 412 g/mol. The van der Waals surface area contributed by atoms with Crippen LogP contribution < -0.4 is 21.1 Å². The third-order valence-electron chi connectivity index (χ3n) is 5.64. The van der Waals surface area contributed by atoms with E-state index in [-0.39, 0.29) is 30.2 Å². The lowest BCUT2D eigenvalue weighted by Crippen LogP contribution is -2.53. The number of terminal acetylenes is 1. The summed E-state index contributed by atoms with van der Waals surface area (Å²) < 4.78 is 5.30. The number of aromatic amines is 1. The van der Waals surface area contributed by atoms with Crippen LogP contribution in [-0.4, -0.2) is 47.7 Å². The summed E-state index contributed by atoms with van der Waals surface area (Å²) in [5.41, 5.74) is 6.36. The van der Waals surface area contributed by atoms with Crippen LogP contribution in [-0.2, 0) is 14.4 Å². The maximum Gasteiger partial charge on any atom is 0.268 e. The number of hydrogen-bond donors (Lipinski definition) is 4. The first kappa shape index (κ1) is 22.9. The molecule has 0 spiro atoms. The number of aromatic nitrogens is 1. The highest BCUT2D eigenvalue weighted by Crippen LogP contribution is 2.26. The number of fused-ring (bicyclic) bond motifs is 1. The molecule has 1 fully saturated rings. The van der Waals surface area contributed by atoms with Crippen molar-refractivity contribution in [1.82, 2.24) is 15.6 Å². The molecule has 1 aliphatic rings. The van der Waals surface area contributed by atoms with Gasteiger partial charge in [-0.2, -0.15) is 0 Å². The number of methoxy groups -OCH3 is 1. The predicted molar refractivity (Wildman–Crippen MR) is 118 cm³/mol. The van der Waals surface area contributed by atoms with Gasteiger partial charge in [0.05, 0.1) is 7.11 Å². The molecule has 1 aromatic heterocycles. The van der Waals surface area contributed by atoms with Crippen LogP contribution in [0.15, 0.2) is 24.3 Å². The standard InChI is InChI=1S/C23H26N4O5/c1-3-6-16(22(30)27-17(21(24)29)11-13-7-4-9-19(13)28)26-23(31)18-12-14-15(25-18)8-5-10-20(14)32-2/h1,5,8,10,12-13,16-17,25H,4,6-7,9,11H2,2H3,(H2,24,29)(H,26,31)(H,27,30)/t13-,16-,17-/m0/s1. The van der Waals surface area contributed by atoms with Gasteiger partial charge in [-0.1, -0.05) is 6.07 Å². The summed E-state index contributed by atoms with van der Waals surface area (Å²) in [6.45, 7) is 0. The third-order valence-corrected chi connectivity index (χ3v) is 5.64. The van der Waals surface area contributed by atoms with Crippen molar-refractivity contribution in [2.75, 3.05) is 7.11 Å². The number of Topliss-reactive ketones (excluding diaryl/α,β-unsaturated/α-hetero) is 1. The van der Waals surface area contributed by atoms with E-state index in [0.717, 1.165) is 6.42 Å². The van der Waals surface area contributed by atoms with E-state index >= 15 is 0 Å². The fourth-order valence-electron chi connectivity index (χ4n) is 3.93. The zero-order valence-corrected chi connectivity index (χ0v) is 17.8. The highest BCUT2D eigenvalue weighted by atomic mass is 16.5. The fraction of sp³-hybridized carbons (Fsp3) is 0.391. The lowest BCUT2D eigenvalue weighted by Gasteiger charge is -2.22. The second kappa shape index (κ2) is 10.0. The number of carbonyl (C=O) groups is 4. The Labute approximate surface area is 185 Å². The SMILES string of the molecule is C#CC[C@H](NC(=O)c1cc2c(OC)cccc2[nH]1)C(=O)N[C@@H](C[C@@H]1CCCC1=O)C(N)=O. The van der Waals surface area contributed by atoms with E-state index in [1.54, 1.807) is 24.3 Å². The maximum atomic E-state index is 12.8. The van der Waals surface area contributed by atoms with Crippen molar-refractivity contribution in [2.24, 2.45) is 11.7 Å². The van der Waals surface area contributed by atoms with Crippen molar-refractivity contribution in [2.45, 2.75) is 44.2 Å². The summed E-state index contributed by atoms with van der Waals surface area (Å²) >= 11 is 0. The summed E-state index contributed by atoms with van der Waals surface area (Å²) in [5, 5.41) is 5.85. The van der Waals surface area contributed by atoms with Gasteiger partial charge in [0.2, 0.25) is 11.8 Å². The van der Waals surface area contributed by atoms with E-state index < -0.39 is 29.8 Å². The minimum absolute atomic E-state index is 0.0632. The molecule has 1 heterocycles. The predicted octanol–water partition coefficient (Wildman–Crippen LogP) is 1.03. The smallest absolute Gasteiger partial charge is 0.268 e. The van der Waals surface area contributed by atoms with Gasteiger partial charge < -0.3 is 26.1 Å². The monoisotopic (exact) mass is 438 g/mol. The molecule has 3 atom stereocenters. The molecular formula is C23H26N4O5. The Bertz CT molecular complexity index is 1080. The molecule has 0 radical (unpaired) electrons. The summed E-state index contributed by atoms with van der Waals surface area (Å²) in [5.74, 6) is 0.783. The van der Waals surface area contributed by atoms with Crippen molar-refractivity contribution >= 4 is 34.4 Å². The minimum Gasteiger partial charge on any atom is -0.496 e. The molecule has 3 amide bonds. The van der Waals surface area contributed by atoms with Crippen molar-refractivity contribution < 1.29 is 23.9 Å². The Morgan fingerprint density at radius 3 is 2.72 bits per heavy atom. The number of amides is 3. The highest BCUT2D eigenvalue weighted by molar-refractivity contribution is 6.02. The number of H-pyrrole nitrogens is 1. The van der Waals surface area contributed by atoms with E-state index in [1.807, 2.05) is 0 Å². The number of rotatable bonds is 9. The first-order valence-electron chi connectivity index (χ1n) is 10.4. The summed E-state index contributed by atoms with van der Waals surface area (Å²) in [7, 11) is 1.53. The van der Waals surface area contributed by atoms with Crippen LogP contribution in [0.2, 0.25) is 0 Å². The Kier molecular flexibility index (Phi) is 7.15. The van der Waals surface area contributed by atoms with Crippen LogP contribution >= 0.6 is 0 Å². The lowest BCUT2D eigenvalue weighted by molar-refractivity contribution is -0.129. The summed E-state index contributed by atoms with van der Waals surface area (Å²) in [6, 6.07) is 4.86. The quantitative estimate of drug-likeness (QED) is 0.432. The Morgan fingerprint density at radius 2 is 2.09 bits per heavy atom. The average Bonchev–Trinajstić information content (AvgIpc) is 3.38. The van der Waals surface area contributed by atoms with E-state index in [2.05, 4.69) is 21.5 Å². The molecule has 9 heteroatoms. The molecule has 0 aliphatic heterocycles. The van der Waals surface area contributed by atoms with E-state index in [1.165, 1.54) is 7.11 Å². The van der Waals surface area contributed by atoms with Crippen LogP contribution in [0.5, 0.6) is 5.75 Å². The average molecular weight is 438 g/mol. The van der Waals surface area contributed by atoms with Gasteiger partial charge in [0.1, 0.15) is 29.3 Å². The fourth-order valence-corrected chi connectivity index (χ4v) is 3.93. The second-order valence-corrected chi connectivity index (χ2v) is 7.79. The Balaban J connectivity index is 1.71. The molecule has 0 bridgehead atoms. The van der Waals surface area contributed by atoms with Gasteiger partial charge in [0, 0.05) is 29.7 Å². The van der Waals surface area contributed by atoms with Crippen molar-refractivity contribution in [3.63, 3.8) is 0 Å². The number of nitrogens with one attached hydrogen (secondary N) is 3. The van der Waals surface area contributed by atoms with Crippen LogP contribution in [0.1, 0.15) is 42.6 Å². The molecule has 0 unspecified atom stereocenters. The Morgan fingerprint density at radius 1 is 1.31 bits per heavy atom. The van der Waals surface area contributed by atoms with E-state index in [0.29, 0.717) is 29.5 Å². The van der Waals surface area contributed by atoms with Gasteiger partial charge in [0.15, 0.2) is 0 Å². The van der Waals surface area contributed by atoms with Gasteiger partial charge in [-0.05, 0) is 37.5 Å². The van der Waals surface area contributed by atoms with Crippen LogP contribution in [0.3, 0.4) is 0 Å². The molecule has 168 valence electrons. The van der Waals surface area contributed by atoms with Gasteiger partial charge in [-0.15, -0.1) is 12.3 Å². The zero-order valence-electron chi connectivity index (χ0n) is 17.8. The third kappa shape index (κ3) is 5.09. The number of carbonyl (C=O) groups excluding carboxylic acids is 4. The molecule has 0 saturated heterocycles. The first-order valence-corrected chi connectivity index (χ1v) is 10.4. The molecule has 32 heavy (non-hydrogen) atoms. The number of nitrogens with two attached hydrogens (primary N) is 1. The van der Waals surface area contributed by atoms with Gasteiger partial charge in [-0.3, -0.25) is 19.2 Å².